The predicted octanol–water partition coefficient (Wildman–Crippen LogP) is 2.05. The number of anilines is 1. The Hall–Kier alpha value is -2.20. The Morgan fingerprint density at radius 1 is 1.00 bits per heavy atom. The Kier molecular flexibility index (Phi) is 4.44. The molecule has 0 radical (unpaired) electrons. The van der Waals surface area contributed by atoms with Crippen LogP contribution in [0.2, 0.25) is 0 Å². The first-order valence-electron chi connectivity index (χ1n) is 5.80. The van der Waals surface area contributed by atoms with Crippen LogP contribution < -0.4 is 5.32 Å². The van der Waals surface area contributed by atoms with Crippen molar-refractivity contribution in [3.63, 3.8) is 0 Å². The van der Waals surface area contributed by atoms with E-state index in [1.54, 1.807) is 0 Å². The molecular weight excluding hydrogens is 226 g/mol. The first kappa shape index (κ1) is 12.3. The molecule has 2 N–H and O–H groups in total. The maximum absolute atomic E-state index is 8.67. The summed E-state index contributed by atoms with van der Waals surface area (Å²) in [6.45, 7) is 0.561. The Morgan fingerprint density at radius 2 is 1.83 bits per heavy atom. The molecule has 0 aliphatic carbocycles. The van der Waals surface area contributed by atoms with Crippen molar-refractivity contribution in [2.45, 2.75) is 0 Å². The zero-order valence-electron chi connectivity index (χ0n) is 9.95. The summed E-state index contributed by atoms with van der Waals surface area (Å²) in [5, 5.41) is 19.7. The number of nitrogens with zero attached hydrogens (tertiary/aromatic N) is 2. The van der Waals surface area contributed by atoms with E-state index in [0.29, 0.717) is 12.4 Å². The van der Waals surface area contributed by atoms with Crippen molar-refractivity contribution in [1.82, 2.24) is 10.2 Å². The van der Waals surface area contributed by atoms with E-state index in [1.807, 2.05) is 54.6 Å². The first-order valence-corrected chi connectivity index (χ1v) is 5.80. The molecule has 0 aliphatic rings. The van der Waals surface area contributed by atoms with Gasteiger partial charge >= 0.3 is 0 Å². The second kappa shape index (κ2) is 6.51. The lowest BCUT2D eigenvalue weighted by atomic mass is 10.2. The summed E-state index contributed by atoms with van der Waals surface area (Å²) in [7, 11) is 0. The molecule has 1 aromatic heterocycles. The van der Waals surface area contributed by atoms with E-state index in [2.05, 4.69) is 15.5 Å². The van der Waals surface area contributed by atoms with E-state index in [0.717, 1.165) is 11.3 Å². The van der Waals surface area contributed by atoms with Gasteiger partial charge < -0.3 is 10.4 Å². The summed E-state index contributed by atoms with van der Waals surface area (Å²) in [5.41, 5.74) is 1.93. The number of aliphatic hydroxyl groups excluding tert-OH is 1. The molecule has 0 saturated carbocycles. The molecule has 2 aromatic rings. The minimum absolute atomic E-state index is 0.0807. The van der Waals surface area contributed by atoms with Crippen molar-refractivity contribution in [2.75, 3.05) is 18.5 Å². The van der Waals surface area contributed by atoms with Crippen molar-refractivity contribution in [1.29, 1.82) is 0 Å². The summed E-state index contributed by atoms with van der Waals surface area (Å²) < 4.78 is 0. The summed E-state index contributed by atoms with van der Waals surface area (Å²) in [6, 6.07) is 13.8. The molecule has 0 amide bonds. The molecule has 4 nitrogen and oxygen atoms in total. The molecule has 0 fully saturated rings. The number of aromatic nitrogens is 2. The van der Waals surface area contributed by atoms with E-state index in [4.69, 9.17) is 5.11 Å². The zero-order valence-corrected chi connectivity index (χ0v) is 9.95. The highest BCUT2D eigenvalue weighted by atomic mass is 16.3. The number of benzene rings is 1. The smallest absolute Gasteiger partial charge is 0.148 e. The predicted molar refractivity (Wildman–Crippen MR) is 73.0 cm³/mol. The van der Waals surface area contributed by atoms with Gasteiger partial charge in [-0.05, 0) is 23.8 Å². The summed E-state index contributed by atoms with van der Waals surface area (Å²) in [5.74, 6) is 0.668. The van der Waals surface area contributed by atoms with Gasteiger partial charge in [0.15, 0.2) is 0 Å². The monoisotopic (exact) mass is 241 g/mol. The molecule has 0 saturated heterocycles. The van der Waals surface area contributed by atoms with Gasteiger partial charge in [0.05, 0.1) is 12.3 Å². The second-order valence-corrected chi connectivity index (χ2v) is 3.74. The van der Waals surface area contributed by atoms with Gasteiger partial charge in [-0.2, -0.15) is 0 Å². The van der Waals surface area contributed by atoms with Gasteiger partial charge in [-0.3, -0.25) is 0 Å². The van der Waals surface area contributed by atoms with E-state index in [9.17, 15) is 0 Å². The van der Waals surface area contributed by atoms with Gasteiger partial charge in [0.1, 0.15) is 5.82 Å². The number of rotatable bonds is 5. The van der Waals surface area contributed by atoms with Crippen LogP contribution in [0.4, 0.5) is 5.82 Å². The quantitative estimate of drug-likeness (QED) is 0.841. The third-order valence-corrected chi connectivity index (χ3v) is 2.35. The molecule has 0 unspecified atom stereocenters. The summed E-state index contributed by atoms with van der Waals surface area (Å²) >= 11 is 0. The fourth-order valence-electron chi connectivity index (χ4n) is 1.46. The van der Waals surface area contributed by atoms with Gasteiger partial charge in [0, 0.05) is 6.54 Å². The number of hydrogen-bond acceptors (Lipinski definition) is 4. The standard InChI is InChI=1S/C14H15N3O/c18-11-10-15-14-9-8-13(16-17-14)7-6-12-4-2-1-3-5-12/h1-9,18H,10-11H2,(H,15,17). The average molecular weight is 241 g/mol. The van der Waals surface area contributed by atoms with Gasteiger partial charge in [0.25, 0.3) is 0 Å². The second-order valence-electron chi connectivity index (χ2n) is 3.74. The van der Waals surface area contributed by atoms with Crippen molar-refractivity contribution in [2.24, 2.45) is 0 Å². The Balaban J connectivity index is 2.00. The van der Waals surface area contributed by atoms with Crippen LogP contribution in [0, 0.1) is 0 Å². The van der Waals surface area contributed by atoms with Crippen LogP contribution in [0.5, 0.6) is 0 Å². The minimum Gasteiger partial charge on any atom is -0.395 e. The van der Waals surface area contributed by atoms with Gasteiger partial charge in [-0.25, -0.2) is 0 Å². The number of hydrogen-bond donors (Lipinski definition) is 2. The Bertz CT molecular complexity index is 494. The molecule has 2 rings (SSSR count). The van der Waals surface area contributed by atoms with E-state index in [1.165, 1.54) is 0 Å². The molecule has 0 spiro atoms. The molecule has 1 aromatic carbocycles. The zero-order chi connectivity index (χ0) is 12.6. The summed E-state index contributed by atoms with van der Waals surface area (Å²) in [4.78, 5) is 0. The lowest BCUT2D eigenvalue weighted by Gasteiger charge is -2.01. The molecule has 0 atom stereocenters. The van der Waals surface area contributed by atoms with Gasteiger partial charge in [-0.1, -0.05) is 36.4 Å². The lowest BCUT2D eigenvalue weighted by molar-refractivity contribution is 0.311. The first-order chi connectivity index (χ1) is 8.88. The number of nitrogens with one attached hydrogen (secondary N) is 1. The van der Waals surface area contributed by atoms with Crippen molar-refractivity contribution < 1.29 is 5.11 Å². The molecule has 92 valence electrons. The highest BCUT2D eigenvalue weighted by molar-refractivity contribution is 5.67. The van der Waals surface area contributed by atoms with Crippen LogP contribution in [0.3, 0.4) is 0 Å². The fourth-order valence-corrected chi connectivity index (χ4v) is 1.46. The van der Waals surface area contributed by atoms with Gasteiger partial charge in [-0.15, -0.1) is 10.2 Å². The molecule has 4 heteroatoms. The van der Waals surface area contributed by atoms with Crippen LogP contribution >= 0.6 is 0 Å². The molecular formula is C14H15N3O. The normalized spacial score (nSPS) is 10.7. The SMILES string of the molecule is OCCNc1ccc(C=Cc2ccccc2)nn1. The van der Waals surface area contributed by atoms with Crippen LogP contribution in [-0.2, 0) is 0 Å². The van der Waals surface area contributed by atoms with Crippen molar-refractivity contribution >= 4 is 18.0 Å². The fraction of sp³-hybridized carbons (Fsp3) is 0.143. The van der Waals surface area contributed by atoms with E-state index >= 15 is 0 Å². The minimum atomic E-state index is 0.0807. The largest absolute Gasteiger partial charge is 0.395 e. The summed E-state index contributed by atoms with van der Waals surface area (Å²) in [6.07, 6.45) is 3.91. The molecule has 18 heavy (non-hydrogen) atoms. The van der Waals surface area contributed by atoms with Crippen molar-refractivity contribution in [3.05, 3.63) is 53.7 Å². The third kappa shape index (κ3) is 3.68. The topological polar surface area (TPSA) is 58.0 Å². The van der Waals surface area contributed by atoms with E-state index < -0.39 is 0 Å². The lowest BCUT2D eigenvalue weighted by Crippen LogP contribution is -2.07. The Morgan fingerprint density at radius 3 is 2.50 bits per heavy atom. The van der Waals surface area contributed by atoms with Gasteiger partial charge in [0.2, 0.25) is 0 Å². The molecule has 1 heterocycles. The number of aliphatic hydroxyl groups is 1. The van der Waals surface area contributed by atoms with Crippen LogP contribution in [0.25, 0.3) is 12.2 Å². The molecule has 0 aliphatic heterocycles. The van der Waals surface area contributed by atoms with Crippen LogP contribution in [-0.4, -0.2) is 28.5 Å². The Labute approximate surface area is 106 Å². The highest BCUT2D eigenvalue weighted by Crippen LogP contribution is 2.07. The van der Waals surface area contributed by atoms with Crippen LogP contribution in [0.15, 0.2) is 42.5 Å². The van der Waals surface area contributed by atoms with Crippen LogP contribution in [0.1, 0.15) is 11.3 Å². The van der Waals surface area contributed by atoms with E-state index in [-0.39, 0.29) is 6.61 Å². The third-order valence-electron chi connectivity index (χ3n) is 2.35. The maximum atomic E-state index is 8.67. The maximum Gasteiger partial charge on any atom is 0.148 e. The van der Waals surface area contributed by atoms with Crippen molar-refractivity contribution in [3.8, 4) is 0 Å². The highest BCUT2D eigenvalue weighted by Gasteiger charge is 1.94. The average Bonchev–Trinajstić information content (AvgIpc) is 2.45. The molecule has 0 bridgehead atoms.